The van der Waals surface area contributed by atoms with Gasteiger partial charge in [-0.1, -0.05) is 36.4 Å². The fraction of sp³-hybridized carbons (Fsp3) is 0.423. The van der Waals surface area contributed by atoms with Crippen LogP contribution in [0.5, 0.6) is 0 Å². The number of rotatable bonds is 9. The van der Waals surface area contributed by atoms with Gasteiger partial charge in [-0.15, -0.1) is 24.0 Å². The van der Waals surface area contributed by atoms with Crippen LogP contribution in [0.2, 0.25) is 0 Å². The van der Waals surface area contributed by atoms with Gasteiger partial charge in [0.15, 0.2) is 5.96 Å². The molecule has 1 heterocycles. The van der Waals surface area contributed by atoms with E-state index in [1.807, 2.05) is 36.1 Å². The molecule has 184 valence electrons. The van der Waals surface area contributed by atoms with Crippen LogP contribution in [-0.2, 0) is 24.3 Å². The van der Waals surface area contributed by atoms with Crippen molar-refractivity contribution >= 4 is 41.8 Å². The van der Waals surface area contributed by atoms with Crippen LogP contribution in [0.4, 0.5) is 0 Å². The van der Waals surface area contributed by atoms with Gasteiger partial charge in [-0.3, -0.25) is 9.59 Å². The first-order chi connectivity index (χ1) is 16.0. The summed E-state index contributed by atoms with van der Waals surface area (Å²) in [7, 11) is 3.52. The molecule has 0 unspecified atom stereocenters. The number of benzene rings is 2. The molecule has 2 aromatic rings. The number of likely N-dealkylation sites (tertiary alicyclic amines) is 1. The molecular formula is C26H36IN5O2. The molecule has 1 fully saturated rings. The number of amides is 2. The number of aliphatic imine (C=N–C) groups is 1. The zero-order chi connectivity index (χ0) is 23.6. The molecule has 3 rings (SSSR count). The third kappa shape index (κ3) is 8.30. The molecule has 1 aliphatic heterocycles. The van der Waals surface area contributed by atoms with Crippen molar-refractivity contribution in [3.05, 3.63) is 70.8 Å². The lowest BCUT2D eigenvalue weighted by atomic mass is 10.1. The van der Waals surface area contributed by atoms with Crippen LogP contribution < -0.4 is 10.6 Å². The van der Waals surface area contributed by atoms with Crippen molar-refractivity contribution in [1.29, 1.82) is 0 Å². The number of carbonyl (C=O) groups is 2. The highest BCUT2D eigenvalue weighted by Crippen LogP contribution is 2.15. The summed E-state index contributed by atoms with van der Waals surface area (Å²) in [6.07, 6.45) is 2.43. The summed E-state index contributed by atoms with van der Waals surface area (Å²) in [6, 6.07) is 16.1. The lowest BCUT2D eigenvalue weighted by Crippen LogP contribution is -2.38. The zero-order valence-corrected chi connectivity index (χ0v) is 22.7. The number of nitrogens with zero attached hydrogens (tertiary/aromatic N) is 3. The fourth-order valence-electron chi connectivity index (χ4n) is 3.80. The van der Waals surface area contributed by atoms with Crippen LogP contribution in [0.15, 0.2) is 53.5 Å². The Morgan fingerprint density at radius 1 is 1.06 bits per heavy atom. The highest BCUT2D eigenvalue weighted by atomic mass is 127. The molecule has 0 radical (unpaired) electrons. The van der Waals surface area contributed by atoms with Gasteiger partial charge in [0.1, 0.15) is 0 Å². The molecule has 2 N–H and O–H groups in total. The van der Waals surface area contributed by atoms with Crippen LogP contribution in [0.3, 0.4) is 0 Å². The van der Waals surface area contributed by atoms with E-state index in [-0.39, 0.29) is 35.8 Å². The second-order valence-corrected chi connectivity index (χ2v) is 8.51. The normalized spacial score (nSPS) is 13.4. The van der Waals surface area contributed by atoms with Gasteiger partial charge in [0.25, 0.3) is 5.91 Å². The molecule has 1 saturated heterocycles. The van der Waals surface area contributed by atoms with E-state index < -0.39 is 0 Å². The van der Waals surface area contributed by atoms with Gasteiger partial charge >= 0.3 is 0 Å². The second kappa shape index (κ2) is 13.9. The molecular weight excluding hydrogens is 541 g/mol. The van der Waals surface area contributed by atoms with E-state index in [0.29, 0.717) is 31.6 Å². The lowest BCUT2D eigenvalue weighted by Gasteiger charge is -2.15. The summed E-state index contributed by atoms with van der Waals surface area (Å²) in [4.78, 5) is 32.2. The average Bonchev–Trinajstić information content (AvgIpc) is 3.22. The van der Waals surface area contributed by atoms with Crippen LogP contribution in [0.25, 0.3) is 0 Å². The van der Waals surface area contributed by atoms with E-state index in [9.17, 15) is 9.59 Å². The third-order valence-corrected chi connectivity index (χ3v) is 5.62. The maximum Gasteiger partial charge on any atom is 0.253 e. The van der Waals surface area contributed by atoms with Gasteiger partial charge in [-0.25, -0.2) is 4.99 Å². The minimum absolute atomic E-state index is 0. The Labute approximate surface area is 220 Å². The standard InChI is InChI=1S/C26H35N5O2.HI/c1-4-27-26(28-15-14-20-7-5-8-23(17-20)25(33)30(2)3)29-18-21-10-12-22(13-11-21)19-31-16-6-9-24(31)32;/h5,7-8,10-13,17H,4,6,9,14-16,18-19H2,1-3H3,(H2,27,28,29);1H. The van der Waals surface area contributed by atoms with Crippen LogP contribution in [-0.4, -0.2) is 61.3 Å². The average molecular weight is 578 g/mol. The van der Waals surface area contributed by atoms with E-state index in [2.05, 4.69) is 34.9 Å². The third-order valence-electron chi connectivity index (χ3n) is 5.62. The predicted octanol–water partition coefficient (Wildman–Crippen LogP) is 3.43. The number of halogens is 1. The molecule has 0 aromatic heterocycles. The van der Waals surface area contributed by atoms with E-state index in [0.717, 1.165) is 48.6 Å². The number of hydrogen-bond acceptors (Lipinski definition) is 3. The summed E-state index contributed by atoms with van der Waals surface area (Å²) in [6.45, 7) is 5.66. The Bertz CT molecular complexity index is 975. The molecule has 7 nitrogen and oxygen atoms in total. The molecule has 8 heteroatoms. The topological polar surface area (TPSA) is 77.0 Å². The molecule has 2 amide bonds. The Morgan fingerprint density at radius 3 is 2.44 bits per heavy atom. The first-order valence-electron chi connectivity index (χ1n) is 11.6. The van der Waals surface area contributed by atoms with Crippen molar-refractivity contribution < 1.29 is 9.59 Å². The molecule has 0 saturated carbocycles. The predicted molar refractivity (Wildman–Crippen MR) is 147 cm³/mol. The maximum absolute atomic E-state index is 12.2. The Balaban J connectivity index is 0.00000408. The minimum Gasteiger partial charge on any atom is -0.357 e. The molecule has 0 aliphatic carbocycles. The van der Waals surface area contributed by atoms with Crippen molar-refractivity contribution in [3.63, 3.8) is 0 Å². The minimum atomic E-state index is 0. The van der Waals surface area contributed by atoms with E-state index in [1.165, 1.54) is 0 Å². The molecule has 0 spiro atoms. The van der Waals surface area contributed by atoms with Gasteiger partial charge in [-0.05, 0) is 48.6 Å². The summed E-state index contributed by atoms with van der Waals surface area (Å²) >= 11 is 0. The molecule has 0 bridgehead atoms. The lowest BCUT2D eigenvalue weighted by molar-refractivity contribution is -0.128. The van der Waals surface area contributed by atoms with Gasteiger partial charge in [0, 0.05) is 52.3 Å². The molecule has 1 aliphatic rings. The fourth-order valence-corrected chi connectivity index (χ4v) is 3.80. The maximum atomic E-state index is 12.2. The van der Waals surface area contributed by atoms with Gasteiger partial charge < -0.3 is 20.4 Å². The highest BCUT2D eigenvalue weighted by Gasteiger charge is 2.19. The first kappa shape index (κ1) is 27.6. The quantitative estimate of drug-likeness (QED) is 0.272. The summed E-state index contributed by atoms with van der Waals surface area (Å²) < 4.78 is 0. The van der Waals surface area contributed by atoms with E-state index in [1.54, 1.807) is 19.0 Å². The Hall–Kier alpha value is -2.62. The zero-order valence-electron chi connectivity index (χ0n) is 20.3. The van der Waals surface area contributed by atoms with E-state index in [4.69, 9.17) is 4.99 Å². The van der Waals surface area contributed by atoms with Crippen molar-refractivity contribution in [3.8, 4) is 0 Å². The van der Waals surface area contributed by atoms with Crippen molar-refractivity contribution in [1.82, 2.24) is 20.4 Å². The number of carbonyl (C=O) groups excluding carboxylic acids is 2. The van der Waals surface area contributed by atoms with Crippen molar-refractivity contribution in [2.75, 3.05) is 33.7 Å². The molecule has 2 aromatic carbocycles. The largest absolute Gasteiger partial charge is 0.357 e. The Kier molecular flexibility index (Phi) is 11.3. The summed E-state index contributed by atoms with van der Waals surface area (Å²) in [5, 5.41) is 6.66. The van der Waals surface area contributed by atoms with E-state index >= 15 is 0 Å². The smallest absolute Gasteiger partial charge is 0.253 e. The van der Waals surface area contributed by atoms with Crippen molar-refractivity contribution in [2.24, 2.45) is 4.99 Å². The van der Waals surface area contributed by atoms with Gasteiger partial charge in [-0.2, -0.15) is 0 Å². The van der Waals surface area contributed by atoms with Gasteiger partial charge in [0.05, 0.1) is 6.54 Å². The Morgan fingerprint density at radius 2 is 1.79 bits per heavy atom. The number of guanidine groups is 1. The summed E-state index contributed by atoms with van der Waals surface area (Å²) in [5.74, 6) is 1.03. The highest BCUT2D eigenvalue weighted by molar-refractivity contribution is 14.0. The monoisotopic (exact) mass is 577 g/mol. The summed E-state index contributed by atoms with van der Waals surface area (Å²) in [5.41, 5.74) is 4.09. The van der Waals surface area contributed by atoms with Crippen LogP contribution in [0, 0.1) is 0 Å². The molecule has 34 heavy (non-hydrogen) atoms. The van der Waals surface area contributed by atoms with Crippen molar-refractivity contribution in [2.45, 2.75) is 39.3 Å². The molecule has 0 atom stereocenters. The second-order valence-electron chi connectivity index (χ2n) is 8.51. The van der Waals surface area contributed by atoms with Crippen LogP contribution in [0.1, 0.15) is 46.8 Å². The van der Waals surface area contributed by atoms with Crippen LogP contribution >= 0.6 is 24.0 Å². The number of hydrogen-bond donors (Lipinski definition) is 2. The SMILES string of the molecule is CCNC(=NCc1ccc(CN2CCCC2=O)cc1)NCCc1cccc(C(=O)N(C)C)c1.I. The first-order valence-corrected chi connectivity index (χ1v) is 11.6. The number of nitrogens with one attached hydrogen (secondary N) is 2. The van der Waals surface area contributed by atoms with Gasteiger partial charge in [0.2, 0.25) is 5.91 Å².